The van der Waals surface area contributed by atoms with Crippen LogP contribution in [0.15, 0.2) is 42.9 Å². The molecule has 1 saturated heterocycles. The first kappa shape index (κ1) is 23.0. The second-order valence-corrected chi connectivity index (χ2v) is 8.80. The number of carbonyl (C=O) groups is 1. The molecule has 1 amide bonds. The monoisotopic (exact) mass is 474 g/mol. The molecule has 1 aliphatic carbocycles. The Labute approximate surface area is 204 Å². The molecule has 35 heavy (non-hydrogen) atoms. The number of nitrogens with zero attached hydrogens (tertiary/aromatic N) is 4. The van der Waals surface area contributed by atoms with Crippen molar-refractivity contribution in [1.82, 2.24) is 20.3 Å². The van der Waals surface area contributed by atoms with Gasteiger partial charge in [0.2, 0.25) is 0 Å². The van der Waals surface area contributed by atoms with Gasteiger partial charge in [-0.1, -0.05) is 0 Å². The third kappa shape index (κ3) is 4.90. The van der Waals surface area contributed by atoms with E-state index in [1.165, 1.54) is 11.1 Å². The summed E-state index contributed by atoms with van der Waals surface area (Å²) in [5, 5.41) is 6.36. The van der Waals surface area contributed by atoms with Crippen molar-refractivity contribution in [2.45, 2.75) is 25.2 Å². The molecule has 182 valence electrons. The SMILES string of the molecule is COc1cc2c(cc1OC)CC(c1nccc(C(=O)Nc3cnccc3N3CCNCC3)n1)CC2. The molecule has 0 spiro atoms. The van der Waals surface area contributed by atoms with Gasteiger partial charge in [0, 0.05) is 44.5 Å². The fourth-order valence-electron chi connectivity index (χ4n) is 4.85. The molecule has 2 aliphatic rings. The number of pyridine rings is 1. The van der Waals surface area contributed by atoms with Gasteiger partial charge in [-0.3, -0.25) is 9.78 Å². The lowest BCUT2D eigenvalue weighted by Gasteiger charge is -2.30. The highest BCUT2D eigenvalue weighted by Crippen LogP contribution is 2.38. The van der Waals surface area contributed by atoms with Crippen molar-refractivity contribution in [1.29, 1.82) is 0 Å². The van der Waals surface area contributed by atoms with Gasteiger partial charge in [-0.2, -0.15) is 0 Å². The molecule has 9 heteroatoms. The molecule has 0 radical (unpaired) electrons. The van der Waals surface area contributed by atoms with Gasteiger partial charge in [0.1, 0.15) is 11.5 Å². The normalized spacial score (nSPS) is 17.4. The largest absolute Gasteiger partial charge is 0.493 e. The Morgan fingerprint density at radius 2 is 1.86 bits per heavy atom. The molecule has 3 heterocycles. The predicted octanol–water partition coefficient (Wildman–Crippen LogP) is 2.82. The molecule has 1 atom stereocenters. The van der Waals surface area contributed by atoms with Crippen LogP contribution in [0.2, 0.25) is 0 Å². The molecular formula is C26H30N6O3. The number of hydrogen-bond acceptors (Lipinski definition) is 8. The molecule has 0 bridgehead atoms. The number of ether oxygens (including phenoxy) is 2. The van der Waals surface area contributed by atoms with E-state index in [1.807, 2.05) is 12.1 Å². The van der Waals surface area contributed by atoms with Crippen LogP contribution in [0.4, 0.5) is 11.4 Å². The van der Waals surface area contributed by atoms with Crippen molar-refractivity contribution in [2.24, 2.45) is 0 Å². The first-order chi connectivity index (χ1) is 17.2. The summed E-state index contributed by atoms with van der Waals surface area (Å²) in [5.41, 5.74) is 4.46. The van der Waals surface area contributed by atoms with Crippen molar-refractivity contribution >= 4 is 17.3 Å². The van der Waals surface area contributed by atoms with Crippen LogP contribution in [0.25, 0.3) is 0 Å². The third-order valence-corrected chi connectivity index (χ3v) is 6.71. The van der Waals surface area contributed by atoms with Crippen molar-refractivity contribution < 1.29 is 14.3 Å². The topological polar surface area (TPSA) is 102 Å². The lowest BCUT2D eigenvalue weighted by atomic mass is 9.83. The van der Waals surface area contributed by atoms with E-state index in [0.717, 1.165) is 62.6 Å². The van der Waals surface area contributed by atoms with Crippen molar-refractivity contribution in [3.8, 4) is 11.5 Å². The summed E-state index contributed by atoms with van der Waals surface area (Å²) in [5.74, 6) is 2.02. The highest BCUT2D eigenvalue weighted by molar-refractivity contribution is 6.04. The summed E-state index contributed by atoms with van der Waals surface area (Å²) in [6, 6.07) is 7.69. The van der Waals surface area contributed by atoms with E-state index in [1.54, 1.807) is 38.9 Å². The lowest BCUT2D eigenvalue weighted by molar-refractivity contribution is 0.102. The number of methoxy groups -OCH3 is 2. The fourth-order valence-corrected chi connectivity index (χ4v) is 4.85. The molecule has 1 fully saturated rings. The minimum Gasteiger partial charge on any atom is -0.493 e. The van der Waals surface area contributed by atoms with Gasteiger partial charge in [0.05, 0.1) is 31.8 Å². The number of anilines is 2. The quantitative estimate of drug-likeness (QED) is 0.563. The van der Waals surface area contributed by atoms with Gasteiger partial charge >= 0.3 is 0 Å². The van der Waals surface area contributed by atoms with E-state index in [2.05, 4.69) is 36.6 Å². The number of benzene rings is 1. The minimum atomic E-state index is -0.263. The van der Waals surface area contributed by atoms with Gasteiger partial charge in [-0.05, 0) is 54.7 Å². The first-order valence-electron chi connectivity index (χ1n) is 11.9. The van der Waals surface area contributed by atoms with Crippen molar-refractivity contribution in [2.75, 3.05) is 50.6 Å². The first-order valence-corrected chi connectivity index (χ1v) is 11.9. The van der Waals surface area contributed by atoms with Crippen LogP contribution in [-0.2, 0) is 12.8 Å². The molecule has 2 N–H and O–H groups in total. The van der Waals surface area contributed by atoms with E-state index < -0.39 is 0 Å². The number of fused-ring (bicyclic) bond motifs is 1. The van der Waals surface area contributed by atoms with Crippen molar-refractivity contribution in [3.05, 3.63) is 65.5 Å². The average Bonchev–Trinajstić information content (AvgIpc) is 2.92. The zero-order chi connectivity index (χ0) is 24.2. The van der Waals surface area contributed by atoms with Crippen LogP contribution >= 0.6 is 0 Å². The molecule has 3 aromatic rings. The van der Waals surface area contributed by atoms with Gasteiger partial charge in [0.25, 0.3) is 5.91 Å². The number of rotatable bonds is 6. The van der Waals surface area contributed by atoms with E-state index in [4.69, 9.17) is 9.47 Å². The van der Waals surface area contributed by atoms with Gasteiger partial charge < -0.3 is 25.0 Å². The predicted molar refractivity (Wildman–Crippen MR) is 134 cm³/mol. The molecule has 2 aromatic heterocycles. The summed E-state index contributed by atoms with van der Waals surface area (Å²) < 4.78 is 10.9. The zero-order valence-electron chi connectivity index (χ0n) is 20.1. The minimum absolute atomic E-state index is 0.128. The Morgan fingerprint density at radius 1 is 1.09 bits per heavy atom. The van der Waals surface area contributed by atoms with Crippen molar-refractivity contribution in [3.63, 3.8) is 0 Å². The van der Waals surface area contributed by atoms with Gasteiger partial charge in [-0.15, -0.1) is 0 Å². The van der Waals surface area contributed by atoms with Crippen LogP contribution in [-0.4, -0.2) is 61.3 Å². The van der Waals surface area contributed by atoms with Crippen LogP contribution in [0.3, 0.4) is 0 Å². The standard InChI is InChI=1S/C26H30N6O3/c1-34-23-14-17-3-4-18(13-19(17)15-24(23)35-2)25-29-8-5-20(30-25)26(33)31-21-16-28-7-6-22(21)32-11-9-27-10-12-32/h5-8,14-16,18,27H,3-4,9-13H2,1-2H3,(H,31,33). The number of piperazine rings is 1. The Morgan fingerprint density at radius 3 is 2.63 bits per heavy atom. The molecule has 0 saturated carbocycles. The van der Waals surface area contributed by atoms with E-state index in [0.29, 0.717) is 17.2 Å². The number of hydrogen-bond donors (Lipinski definition) is 2. The second kappa shape index (κ2) is 10.3. The Bertz CT molecular complexity index is 1210. The maximum absolute atomic E-state index is 13.1. The highest BCUT2D eigenvalue weighted by Gasteiger charge is 2.25. The molecule has 1 unspecified atom stereocenters. The Kier molecular flexibility index (Phi) is 6.76. The number of carbonyl (C=O) groups excluding carboxylic acids is 1. The van der Waals surface area contributed by atoms with Gasteiger partial charge in [-0.25, -0.2) is 9.97 Å². The summed E-state index contributed by atoms with van der Waals surface area (Å²) in [6.45, 7) is 3.58. The van der Waals surface area contributed by atoms with Crippen LogP contribution < -0.4 is 25.0 Å². The van der Waals surface area contributed by atoms with E-state index in [9.17, 15) is 4.79 Å². The van der Waals surface area contributed by atoms with Crippen LogP contribution in [0.1, 0.15) is 39.8 Å². The number of aryl methyl sites for hydroxylation is 1. The number of amides is 1. The maximum Gasteiger partial charge on any atom is 0.274 e. The molecule has 1 aliphatic heterocycles. The Balaban J connectivity index is 1.33. The van der Waals surface area contributed by atoms with Crippen LogP contribution in [0.5, 0.6) is 11.5 Å². The number of nitrogens with one attached hydrogen (secondary N) is 2. The smallest absolute Gasteiger partial charge is 0.274 e. The Hall–Kier alpha value is -3.72. The lowest BCUT2D eigenvalue weighted by Crippen LogP contribution is -2.43. The number of aromatic nitrogens is 3. The average molecular weight is 475 g/mol. The van der Waals surface area contributed by atoms with Gasteiger partial charge in [0.15, 0.2) is 11.5 Å². The fraction of sp³-hybridized carbons (Fsp3) is 0.385. The van der Waals surface area contributed by atoms with Crippen LogP contribution in [0, 0.1) is 0 Å². The highest BCUT2D eigenvalue weighted by atomic mass is 16.5. The molecule has 1 aromatic carbocycles. The third-order valence-electron chi connectivity index (χ3n) is 6.71. The van der Waals surface area contributed by atoms with E-state index in [-0.39, 0.29) is 11.8 Å². The summed E-state index contributed by atoms with van der Waals surface area (Å²) >= 11 is 0. The maximum atomic E-state index is 13.1. The molecular weight excluding hydrogens is 444 g/mol. The second-order valence-electron chi connectivity index (χ2n) is 8.80. The zero-order valence-corrected chi connectivity index (χ0v) is 20.1. The summed E-state index contributed by atoms with van der Waals surface area (Å²) in [4.78, 5) is 28.8. The van der Waals surface area contributed by atoms with E-state index >= 15 is 0 Å². The molecule has 9 nitrogen and oxygen atoms in total. The summed E-state index contributed by atoms with van der Waals surface area (Å²) in [7, 11) is 3.30. The molecule has 5 rings (SSSR count). The summed E-state index contributed by atoms with van der Waals surface area (Å²) in [6.07, 6.45) is 7.70.